The number of hydrazine groups is 1. The molecule has 0 aliphatic rings. The van der Waals surface area contributed by atoms with Crippen LogP contribution in [0.25, 0.3) is 0 Å². The number of hydrogen-bond donors (Lipinski definition) is 2. The lowest BCUT2D eigenvalue weighted by molar-refractivity contribution is 0.547. The molecule has 0 amide bonds. The predicted octanol–water partition coefficient (Wildman–Crippen LogP) is 3.01. The fourth-order valence-electron chi connectivity index (χ4n) is 2.62. The third-order valence-electron chi connectivity index (χ3n) is 3.46. The molecule has 0 saturated heterocycles. The van der Waals surface area contributed by atoms with E-state index in [9.17, 15) is 4.39 Å². The van der Waals surface area contributed by atoms with Gasteiger partial charge >= 0.3 is 0 Å². The van der Waals surface area contributed by atoms with E-state index in [4.69, 9.17) is 5.84 Å². The first-order chi connectivity index (χ1) is 9.43. The van der Waals surface area contributed by atoms with Gasteiger partial charge in [0.05, 0.1) is 11.7 Å². The van der Waals surface area contributed by atoms with Crippen LogP contribution >= 0.6 is 0 Å². The van der Waals surface area contributed by atoms with Crippen LogP contribution in [0.4, 0.5) is 4.39 Å². The molecule has 1 atom stereocenters. The van der Waals surface area contributed by atoms with Crippen LogP contribution in [0.15, 0.2) is 24.4 Å². The molecule has 1 aromatic heterocycles. The van der Waals surface area contributed by atoms with E-state index in [0.29, 0.717) is 5.56 Å². The van der Waals surface area contributed by atoms with Crippen molar-refractivity contribution in [3.8, 4) is 0 Å². The Labute approximate surface area is 119 Å². The smallest absolute Gasteiger partial charge is 0.128 e. The lowest BCUT2D eigenvalue weighted by Crippen LogP contribution is -2.31. The van der Waals surface area contributed by atoms with Crippen molar-refractivity contribution < 1.29 is 4.39 Å². The highest BCUT2D eigenvalue weighted by Crippen LogP contribution is 2.28. The van der Waals surface area contributed by atoms with E-state index in [2.05, 4.69) is 10.4 Å². The van der Waals surface area contributed by atoms with Crippen LogP contribution in [0, 0.1) is 33.5 Å². The van der Waals surface area contributed by atoms with E-state index in [1.807, 2.05) is 39.8 Å². The minimum absolute atomic E-state index is 0.257. The average Bonchev–Trinajstić information content (AvgIpc) is 2.34. The van der Waals surface area contributed by atoms with Crippen LogP contribution in [0.5, 0.6) is 0 Å². The van der Waals surface area contributed by atoms with Crippen LogP contribution in [0.3, 0.4) is 0 Å². The molecule has 20 heavy (non-hydrogen) atoms. The number of pyridine rings is 1. The molecule has 0 fully saturated rings. The highest BCUT2D eigenvalue weighted by molar-refractivity contribution is 5.40. The Morgan fingerprint density at radius 3 is 2.25 bits per heavy atom. The van der Waals surface area contributed by atoms with Gasteiger partial charge in [-0.25, -0.2) is 9.82 Å². The van der Waals surface area contributed by atoms with Crippen LogP contribution in [-0.2, 0) is 0 Å². The van der Waals surface area contributed by atoms with Gasteiger partial charge in [0.1, 0.15) is 5.82 Å². The Morgan fingerprint density at radius 2 is 1.70 bits per heavy atom. The van der Waals surface area contributed by atoms with Gasteiger partial charge in [-0.2, -0.15) is 0 Å². The Morgan fingerprint density at radius 1 is 1.05 bits per heavy atom. The summed E-state index contributed by atoms with van der Waals surface area (Å²) < 4.78 is 14.3. The van der Waals surface area contributed by atoms with Crippen molar-refractivity contribution >= 4 is 0 Å². The molecule has 0 saturated carbocycles. The highest BCUT2D eigenvalue weighted by Gasteiger charge is 2.22. The zero-order chi connectivity index (χ0) is 14.9. The lowest BCUT2D eigenvalue weighted by Gasteiger charge is -2.21. The van der Waals surface area contributed by atoms with Gasteiger partial charge < -0.3 is 0 Å². The summed E-state index contributed by atoms with van der Waals surface area (Å²) in [6.45, 7) is 7.70. The van der Waals surface area contributed by atoms with E-state index < -0.39 is 6.04 Å². The molecule has 3 nitrogen and oxygen atoms in total. The summed E-state index contributed by atoms with van der Waals surface area (Å²) in [4.78, 5) is 4.42. The molecule has 0 aliphatic carbocycles. The van der Waals surface area contributed by atoms with Gasteiger partial charge in [0.2, 0.25) is 0 Å². The maximum atomic E-state index is 14.3. The minimum atomic E-state index is -0.448. The number of nitrogens with zero attached hydrogens (tertiary/aromatic N) is 1. The Hall–Kier alpha value is -1.78. The third-order valence-corrected chi connectivity index (χ3v) is 3.46. The van der Waals surface area contributed by atoms with Gasteiger partial charge in [-0.3, -0.25) is 10.8 Å². The summed E-state index contributed by atoms with van der Waals surface area (Å²) in [5.74, 6) is 5.41. The molecule has 0 spiro atoms. The Bertz CT molecular complexity index is 615. The van der Waals surface area contributed by atoms with Crippen LogP contribution in [0.2, 0.25) is 0 Å². The first-order valence-electron chi connectivity index (χ1n) is 6.60. The normalized spacial score (nSPS) is 12.5. The number of aryl methyl sites for hydroxylation is 4. The first-order valence-corrected chi connectivity index (χ1v) is 6.60. The number of rotatable bonds is 3. The zero-order valence-corrected chi connectivity index (χ0v) is 12.3. The van der Waals surface area contributed by atoms with Gasteiger partial charge in [0.15, 0.2) is 0 Å². The second kappa shape index (κ2) is 5.69. The van der Waals surface area contributed by atoms with Gasteiger partial charge in [0, 0.05) is 11.8 Å². The number of hydrogen-bond acceptors (Lipinski definition) is 3. The van der Waals surface area contributed by atoms with Crippen LogP contribution < -0.4 is 11.3 Å². The maximum Gasteiger partial charge on any atom is 0.128 e. The Balaban J connectivity index is 2.58. The molecule has 1 heterocycles. The third kappa shape index (κ3) is 2.71. The van der Waals surface area contributed by atoms with E-state index in [0.717, 1.165) is 27.9 Å². The number of halogens is 1. The summed E-state index contributed by atoms with van der Waals surface area (Å²) in [5.41, 5.74) is 7.83. The first kappa shape index (κ1) is 14.6. The SMILES string of the molecule is Cc1cnc(C(NN)c2c(C)cc(C)cc2F)c(C)c1. The number of benzene rings is 1. The van der Waals surface area contributed by atoms with E-state index >= 15 is 0 Å². The average molecular weight is 273 g/mol. The van der Waals surface area contributed by atoms with Crippen molar-refractivity contribution in [2.75, 3.05) is 0 Å². The maximum absolute atomic E-state index is 14.3. The predicted molar refractivity (Wildman–Crippen MR) is 78.8 cm³/mol. The fourth-order valence-corrected chi connectivity index (χ4v) is 2.62. The van der Waals surface area contributed by atoms with Crippen LogP contribution in [-0.4, -0.2) is 4.98 Å². The molecule has 0 aliphatic heterocycles. The molecular weight excluding hydrogens is 253 g/mol. The van der Waals surface area contributed by atoms with Crippen molar-refractivity contribution in [2.24, 2.45) is 5.84 Å². The number of nitrogens with one attached hydrogen (secondary N) is 1. The highest BCUT2D eigenvalue weighted by atomic mass is 19.1. The molecule has 2 aromatic rings. The largest absolute Gasteiger partial charge is 0.271 e. The molecule has 0 bridgehead atoms. The molecule has 3 N–H and O–H groups in total. The zero-order valence-electron chi connectivity index (χ0n) is 12.3. The number of aromatic nitrogens is 1. The molecule has 1 unspecified atom stereocenters. The molecule has 0 radical (unpaired) electrons. The van der Waals surface area contributed by atoms with E-state index in [1.54, 1.807) is 6.20 Å². The van der Waals surface area contributed by atoms with Gasteiger partial charge in [-0.15, -0.1) is 0 Å². The van der Waals surface area contributed by atoms with Crippen molar-refractivity contribution in [1.82, 2.24) is 10.4 Å². The second-order valence-corrected chi connectivity index (χ2v) is 5.29. The van der Waals surface area contributed by atoms with Crippen molar-refractivity contribution in [3.63, 3.8) is 0 Å². The monoisotopic (exact) mass is 273 g/mol. The van der Waals surface area contributed by atoms with E-state index in [1.165, 1.54) is 6.07 Å². The van der Waals surface area contributed by atoms with Crippen molar-refractivity contribution in [2.45, 2.75) is 33.7 Å². The molecule has 2 rings (SSSR count). The summed E-state index contributed by atoms with van der Waals surface area (Å²) >= 11 is 0. The molecular formula is C16H20FN3. The summed E-state index contributed by atoms with van der Waals surface area (Å²) in [7, 11) is 0. The van der Waals surface area contributed by atoms with Gasteiger partial charge in [0.25, 0.3) is 0 Å². The fraction of sp³-hybridized carbons (Fsp3) is 0.312. The standard InChI is InChI=1S/C16H20FN3/c1-9-5-11(3)14(13(17)7-9)16(20-18)15-12(4)6-10(2)8-19-15/h5-8,16,20H,18H2,1-4H3. The van der Waals surface area contributed by atoms with Gasteiger partial charge in [-0.05, 0) is 56.0 Å². The molecule has 1 aromatic carbocycles. The number of nitrogens with two attached hydrogens (primary N) is 1. The molecule has 106 valence electrons. The lowest BCUT2D eigenvalue weighted by atomic mass is 9.94. The minimum Gasteiger partial charge on any atom is -0.271 e. The van der Waals surface area contributed by atoms with Crippen LogP contribution in [0.1, 0.15) is 39.6 Å². The summed E-state index contributed by atoms with van der Waals surface area (Å²) in [5, 5.41) is 0. The molecule has 4 heteroatoms. The van der Waals surface area contributed by atoms with E-state index in [-0.39, 0.29) is 5.82 Å². The second-order valence-electron chi connectivity index (χ2n) is 5.29. The van der Waals surface area contributed by atoms with Crippen molar-refractivity contribution in [1.29, 1.82) is 0 Å². The Kier molecular flexibility index (Phi) is 4.16. The quantitative estimate of drug-likeness (QED) is 0.667. The topological polar surface area (TPSA) is 50.9 Å². The van der Waals surface area contributed by atoms with Crippen molar-refractivity contribution in [3.05, 3.63) is 63.7 Å². The summed E-state index contributed by atoms with van der Waals surface area (Å²) in [6, 6.07) is 5.05. The summed E-state index contributed by atoms with van der Waals surface area (Å²) in [6.07, 6.45) is 1.77. The van der Waals surface area contributed by atoms with Gasteiger partial charge in [-0.1, -0.05) is 12.1 Å².